The van der Waals surface area contributed by atoms with Crippen LogP contribution in [-0.4, -0.2) is 58.2 Å². The van der Waals surface area contributed by atoms with E-state index in [9.17, 15) is 19.5 Å². The maximum absolute atomic E-state index is 13.4. The number of hydrogen-bond donors (Lipinski definition) is 3. The van der Waals surface area contributed by atoms with Crippen molar-refractivity contribution in [1.82, 2.24) is 15.7 Å². The second-order valence-corrected chi connectivity index (χ2v) is 9.72. The first-order valence-corrected chi connectivity index (χ1v) is 10.3. The van der Waals surface area contributed by atoms with Crippen molar-refractivity contribution in [3.8, 4) is 5.75 Å². The van der Waals surface area contributed by atoms with Crippen LogP contribution in [0.15, 0.2) is 30.3 Å². The summed E-state index contributed by atoms with van der Waals surface area (Å²) in [5, 5.41) is 12.8. The Morgan fingerprint density at radius 2 is 1.71 bits per heavy atom. The Morgan fingerprint density at radius 1 is 1.10 bits per heavy atom. The third kappa shape index (κ3) is 7.13. The molecule has 1 aliphatic heterocycles. The number of para-hydroxylation sites is 1. The highest BCUT2D eigenvalue weighted by Gasteiger charge is 2.45. The molecular formula is C22H33N3O6. The van der Waals surface area contributed by atoms with Crippen LogP contribution < -0.4 is 15.6 Å². The van der Waals surface area contributed by atoms with Crippen LogP contribution in [0.4, 0.5) is 4.79 Å². The lowest BCUT2D eigenvalue weighted by Crippen LogP contribution is -2.58. The van der Waals surface area contributed by atoms with Gasteiger partial charge in [-0.1, -0.05) is 39.0 Å². The quantitative estimate of drug-likeness (QED) is 0.609. The first-order chi connectivity index (χ1) is 14.3. The van der Waals surface area contributed by atoms with Crippen molar-refractivity contribution in [2.45, 2.75) is 71.8 Å². The topological polar surface area (TPSA) is 117 Å². The highest BCUT2D eigenvalue weighted by Crippen LogP contribution is 2.26. The molecule has 2 rings (SSSR count). The van der Waals surface area contributed by atoms with Crippen LogP contribution in [0, 0.1) is 5.41 Å². The van der Waals surface area contributed by atoms with Gasteiger partial charge in [0.25, 0.3) is 5.91 Å². The maximum Gasteiger partial charge on any atom is 0.408 e. The summed E-state index contributed by atoms with van der Waals surface area (Å²) >= 11 is 0. The van der Waals surface area contributed by atoms with Crippen molar-refractivity contribution >= 4 is 17.9 Å². The van der Waals surface area contributed by atoms with Crippen LogP contribution in [0.1, 0.15) is 48.0 Å². The maximum atomic E-state index is 13.4. The molecule has 31 heavy (non-hydrogen) atoms. The number of alkyl carbamates (subject to hydrolysis) is 1. The minimum Gasteiger partial charge on any atom is -0.444 e. The summed E-state index contributed by atoms with van der Waals surface area (Å²) in [6.07, 6.45) is -1.52. The molecule has 1 aliphatic rings. The Bertz CT molecular complexity index is 785. The molecular weight excluding hydrogens is 402 g/mol. The van der Waals surface area contributed by atoms with Gasteiger partial charge >= 0.3 is 6.09 Å². The second kappa shape index (κ2) is 9.55. The van der Waals surface area contributed by atoms with Crippen LogP contribution in [0.25, 0.3) is 0 Å². The Kier molecular flexibility index (Phi) is 7.54. The number of carbonyl (C=O) groups is 3. The summed E-state index contributed by atoms with van der Waals surface area (Å²) in [4.78, 5) is 44.9. The van der Waals surface area contributed by atoms with Gasteiger partial charge in [-0.15, -0.1) is 0 Å². The van der Waals surface area contributed by atoms with Gasteiger partial charge in [-0.2, -0.15) is 5.48 Å². The summed E-state index contributed by atoms with van der Waals surface area (Å²) in [5.41, 5.74) is 0.951. The SMILES string of the molecule is CC(C)(C)OC(=O)N[C@H](C(=O)N1C[C@H](O)C[C@H]1C(=O)NOc1ccccc1)C(C)(C)C. The summed E-state index contributed by atoms with van der Waals surface area (Å²) < 4.78 is 5.29. The van der Waals surface area contributed by atoms with Gasteiger partial charge in [0, 0.05) is 13.0 Å². The van der Waals surface area contributed by atoms with Gasteiger partial charge in [0.15, 0.2) is 5.75 Å². The molecule has 0 aliphatic carbocycles. The zero-order chi connectivity index (χ0) is 23.4. The third-order valence-corrected chi connectivity index (χ3v) is 4.65. The van der Waals surface area contributed by atoms with Gasteiger partial charge in [-0.05, 0) is 38.3 Å². The molecule has 9 heteroatoms. The number of aliphatic hydroxyl groups is 1. The predicted molar refractivity (Wildman–Crippen MR) is 114 cm³/mol. The van der Waals surface area contributed by atoms with E-state index < -0.39 is 47.1 Å². The molecule has 0 radical (unpaired) electrons. The highest BCUT2D eigenvalue weighted by molar-refractivity contribution is 5.92. The number of ether oxygens (including phenoxy) is 1. The Morgan fingerprint density at radius 3 is 2.26 bits per heavy atom. The lowest BCUT2D eigenvalue weighted by molar-refractivity contribution is -0.144. The number of hydroxylamine groups is 1. The van der Waals surface area contributed by atoms with E-state index in [1.165, 1.54) is 4.90 Å². The predicted octanol–water partition coefficient (Wildman–Crippen LogP) is 2.00. The first kappa shape index (κ1) is 24.5. The molecule has 0 aromatic heterocycles. The highest BCUT2D eigenvalue weighted by atomic mass is 16.7. The standard InChI is InChI=1S/C22H33N3O6/c1-21(2,3)17(23-20(29)30-22(4,5)6)19(28)25-13-14(26)12-16(25)18(27)24-31-15-10-8-7-9-11-15/h7-11,14,16-17,26H,12-13H2,1-6H3,(H,23,29)(H,24,27)/t14-,16+,17-/m1/s1. The summed E-state index contributed by atoms with van der Waals surface area (Å²) in [6, 6.07) is 6.78. The van der Waals surface area contributed by atoms with Crippen LogP contribution in [0.3, 0.4) is 0 Å². The Hall–Kier alpha value is -2.81. The molecule has 1 aromatic carbocycles. The fraction of sp³-hybridized carbons (Fsp3) is 0.591. The van der Waals surface area contributed by atoms with E-state index in [4.69, 9.17) is 9.57 Å². The molecule has 0 unspecified atom stereocenters. The van der Waals surface area contributed by atoms with Crippen molar-refractivity contribution in [2.24, 2.45) is 5.41 Å². The molecule has 1 fully saturated rings. The van der Waals surface area contributed by atoms with Gasteiger partial charge in [0.05, 0.1) is 6.10 Å². The van der Waals surface area contributed by atoms with E-state index in [0.717, 1.165) is 0 Å². The van der Waals surface area contributed by atoms with E-state index in [2.05, 4.69) is 10.8 Å². The van der Waals surface area contributed by atoms with E-state index in [1.54, 1.807) is 65.8 Å². The first-order valence-electron chi connectivity index (χ1n) is 10.3. The van der Waals surface area contributed by atoms with Crippen LogP contribution in [0.2, 0.25) is 0 Å². The van der Waals surface area contributed by atoms with Crippen LogP contribution in [-0.2, 0) is 14.3 Å². The fourth-order valence-corrected chi connectivity index (χ4v) is 3.21. The molecule has 0 bridgehead atoms. The molecule has 0 saturated carbocycles. The monoisotopic (exact) mass is 435 g/mol. The van der Waals surface area contributed by atoms with Gasteiger partial charge in [0.2, 0.25) is 5.91 Å². The number of carbonyl (C=O) groups excluding carboxylic acids is 3. The van der Waals surface area contributed by atoms with Crippen molar-refractivity contribution in [2.75, 3.05) is 6.54 Å². The molecule has 1 heterocycles. The lowest BCUT2D eigenvalue weighted by Gasteiger charge is -2.35. The summed E-state index contributed by atoms with van der Waals surface area (Å²) in [7, 11) is 0. The average molecular weight is 436 g/mol. The molecule has 0 spiro atoms. The largest absolute Gasteiger partial charge is 0.444 e. The number of aliphatic hydroxyl groups excluding tert-OH is 1. The van der Waals surface area contributed by atoms with Gasteiger partial charge < -0.3 is 24.9 Å². The minimum atomic E-state index is -0.960. The number of β-amino-alcohol motifs (C(OH)–C–C–N with tert-alkyl or cyclic N) is 1. The second-order valence-electron chi connectivity index (χ2n) is 9.72. The van der Waals surface area contributed by atoms with Gasteiger partial charge in [0.1, 0.15) is 17.7 Å². The molecule has 3 N–H and O–H groups in total. The van der Waals surface area contributed by atoms with E-state index in [1.807, 2.05) is 6.07 Å². The van der Waals surface area contributed by atoms with E-state index in [0.29, 0.717) is 5.75 Å². The number of nitrogens with zero attached hydrogens (tertiary/aromatic N) is 1. The molecule has 1 aromatic rings. The minimum absolute atomic E-state index is 0.0230. The van der Waals surface area contributed by atoms with Crippen molar-refractivity contribution in [3.05, 3.63) is 30.3 Å². The molecule has 9 nitrogen and oxygen atoms in total. The molecule has 3 amide bonds. The van der Waals surface area contributed by atoms with Crippen molar-refractivity contribution in [1.29, 1.82) is 0 Å². The zero-order valence-corrected chi connectivity index (χ0v) is 19.0. The number of likely N-dealkylation sites (tertiary alicyclic amines) is 1. The molecule has 3 atom stereocenters. The van der Waals surface area contributed by atoms with E-state index in [-0.39, 0.29) is 13.0 Å². The Labute approximate surface area is 183 Å². The lowest BCUT2D eigenvalue weighted by atomic mass is 9.85. The number of benzene rings is 1. The van der Waals surface area contributed by atoms with Crippen molar-refractivity contribution in [3.63, 3.8) is 0 Å². The zero-order valence-electron chi connectivity index (χ0n) is 19.0. The van der Waals surface area contributed by atoms with Gasteiger partial charge in [-0.3, -0.25) is 9.59 Å². The number of nitrogens with one attached hydrogen (secondary N) is 2. The Balaban J connectivity index is 2.13. The molecule has 1 saturated heterocycles. The third-order valence-electron chi connectivity index (χ3n) is 4.65. The van der Waals surface area contributed by atoms with E-state index >= 15 is 0 Å². The number of amides is 3. The summed E-state index contributed by atoms with van der Waals surface area (Å²) in [6.45, 7) is 10.6. The number of rotatable bonds is 5. The normalized spacial score (nSPS) is 20.0. The van der Waals surface area contributed by atoms with Crippen LogP contribution >= 0.6 is 0 Å². The summed E-state index contributed by atoms with van der Waals surface area (Å²) in [5.74, 6) is -0.597. The average Bonchev–Trinajstić information content (AvgIpc) is 3.04. The van der Waals surface area contributed by atoms with Gasteiger partial charge in [-0.25, -0.2) is 4.79 Å². The van der Waals surface area contributed by atoms with Crippen LogP contribution in [0.5, 0.6) is 5.75 Å². The molecule has 172 valence electrons. The number of hydrogen-bond acceptors (Lipinski definition) is 6. The van der Waals surface area contributed by atoms with Crippen molar-refractivity contribution < 1.29 is 29.1 Å². The smallest absolute Gasteiger partial charge is 0.408 e. The fourth-order valence-electron chi connectivity index (χ4n) is 3.21.